The summed E-state index contributed by atoms with van der Waals surface area (Å²) < 4.78 is 18.1. The van der Waals surface area contributed by atoms with E-state index in [1.807, 2.05) is 40.7 Å². The molecule has 1 rings (SSSR count). The summed E-state index contributed by atoms with van der Waals surface area (Å²) in [6.45, 7) is 25.9. The van der Waals surface area contributed by atoms with Crippen molar-refractivity contribution >= 4 is 14.4 Å². The molecule has 0 spiro atoms. The molecule has 0 radical (unpaired) electrons. The van der Waals surface area contributed by atoms with Crippen LogP contribution in [0.4, 0.5) is 4.79 Å². The minimum atomic E-state index is -1.82. The van der Waals surface area contributed by atoms with Crippen molar-refractivity contribution in [2.24, 2.45) is 5.92 Å². The van der Waals surface area contributed by atoms with Gasteiger partial charge in [0.25, 0.3) is 0 Å². The highest BCUT2D eigenvalue weighted by Gasteiger charge is 2.46. The Balaban J connectivity index is 2.89. The van der Waals surface area contributed by atoms with Crippen LogP contribution in [0.15, 0.2) is 12.7 Å². The molecule has 28 heavy (non-hydrogen) atoms. The quantitative estimate of drug-likeness (QED) is 0.381. The number of nitrogens with zero attached hydrogens (tertiary/aromatic N) is 1. The van der Waals surface area contributed by atoms with Crippen LogP contribution in [-0.4, -0.2) is 49.9 Å². The van der Waals surface area contributed by atoms with Crippen molar-refractivity contribution < 1.29 is 18.7 Å². The van der Waals surface area contributed by atoms with E-state index in [1.54, 1.807) is 4.90 Å². The first-order valence-corrected chi connectivity index (χ1v) is 13.3. The molecule has 0 N–H and O–H groups in total. The van der Waals surface area contributed by atoms with E-state index in [4.69, 9.17) is 13.9 Å². The van der Waals surface area contributed by atoms with Crippen LogP contribution in [0, 0.1) is 5.92 Å². The number of carbonyl (C=O) groups excluding carboxylic acids is 1. The normalized spacial score (nSPS) is 21.5. The molecule has 0 saturated carbocycles. The molecule has 0 aliphatic carbocycles. The van der Waals surface area contributed by atoms with Gasteiger partial charge in [0.15, 0.2) is 8.32 Å². The van der Waals surface area contributed by atoms with Gasteiger partial charge >= 0.3 is 6.09 Å². The largest absolute Gasteiger partial charge is 0.444 e. The van der Waals surface area contributed by atoms with E-state index in [9.17, 15) is 4.79 Å². The standard InChI is InChI=1S/C22H43NO4Si/c1-12-13-17(15-26-28(10,11)21(5,6)7)14-18-16-25-22(8,9)23(18)19(24)27-20(2,3)4/h12,17-18H,1,13-16H2,2-11H3/t17-,18-/m1/s1. The molecular weight excluding hydrogens is 370 g/mol. The van der Waals surface area contributed by atoms with Crippen LogP contribution in [0.3, 0.4) is 0 Å². The summed E-state index contributed by atoms with van der Waals surface area (Å²) >= 11 is 0. The third kappa shape index (κ3) is 6.89. The molecule has 5 nitrogen and oxygen atoms in total. The van der Waals surface area contributed by atoms with Gasteiger partial charge in [-0.15, -0.1) is 6.58 Å². The van der Waals surface area contributed by atoms with Crippen molar-refractivity contribution in [3.05, 3.63) is 12.7 Å². The van der Waals surface area contributed by atoms with Crippen molar-refractivity contribution in [2.45, 2.75) is 104 Å². The van der Waals surface area contributed by atoms with E-state index in [0.29, 0.717) is 19.1 Å². The zero-order chi connectivity index (χ0) is 22.0. The second-order valence-corrected chi connectivity index (χ2v) is 15.8. The SMILES string of the molecule is C=CC[C@@H](CO[Si](C)(C)C(C)(C)C)C[C@@H]1COC(C)(C)N1C(=O)OC(C)(C)C. The van der Waals surface area contributed by atoms with Crippen LogP contribution in [0.1, 0.15) is 68.2 Å². The van der Waals surface area contributed by atoms with Crippen LogP contribution in [0.25, 0.3) is 0 Å². The number of carbonyl (C=O) groups is 1. The lowest BCUT2D eigenvalue weighted by Crippen LogP contribution is -2.50. The predicted octanol–water partition coefficient (Wildman–Crippen LogP) is 5.96. The first-order chi connectivity index (χ1) is 12.5. The van der Waals surface area contributed by atoms with Crippen molar-refractivity contribution in [1.82, 2.24) is 4.90 Å². The molecule has 6 heteroatoms. The summed E-state index contributed by atoms with van der Waals surface area (Å²) in [6.07, 6.45) is 3.29. The molecule has 0 aromatic carbocycles. The van der Waals surface area contributed by atoms with E-state index in [-0.39, 0.29) is 17.2 Å². The van der Waals surface area contributed by atoms with Crippen LogP contribution in [0.2, 0.25) is 18.1 Å². The average Bonchev–Trinajstić information content (AvgIpc) is 2.77. The Hall–Kier alpha value is -0.853. The maximum absolute atomic E-state index is 12.9. The Bertz CT molecular complexity index is 546. The van der Waals surface area contributed by atoms with Gasteiger partial charge in [0.1, 0.15) is 11.3 Å². The Morgan fingerprint density at radius 3 is 2.32 bits per heavy atom. The molecule has 0 unspecified atom stereocenters. The Morgan fingerprint density at radius 1 is 1.29 bits per heavy atom. The number of ether oxygens (including phenoxy) is 2. The van der Waals surface area contributed by atoms with Crippen LogP contribution in [0.5, 0.6) is 0 Å². The fourth-order valence-corrected chi connectivity index (χ4v) is 4.22. The lowest BCUT2D eigenvalue weighted by Gasteiger charge is -2.38. The van der Waals surface area contributed by atoms with Crippen LogP contribution >= 0.6 is 0 Å². The van der Waals surface area contributed by atoms with Gasteiger partial charge in [-0.1, -0.05) is 26.8 Å². The molecule has 164 valence electrons. The lowest BCUT2D eigenvalue weighted by molar-refractivity contribution is -0.0632. The van der Waals surface area contributed by atoms with Crippen LogP contribution in [-0.2, 0) is 13.9 Å². The minimum Gasteiger partial charge on any atom is -0.444 e. The highest BCUT2D eigenvalue weighted by Crippen LogP contribution is 2.38. The first kappa shape index (κ1) is 25.2. The van der Waals surface area contributed by atoms with Crippen molar-refractivity contribution in [3.8, 4) is 0 Å². The molecule has 0 aromatic heterocycles. The van der Waals surface area contributed by atoms with Crippen molar-refractivity contribution in [1.29, 1.82) is 0 Å². The summed E-state index contributed by atoms with van der Waals surface area (Å²) in [5.74, 6) is 0.291. The molecular formula is C22H43NO4Si. The fraction of sp³-hybridized carbons (Fsp3) is 0.864. The summed E-state index contributed by atoms with van der Waals surface area (Å²) in [5.41, 5.74) is -1.21. The summed E-state index contributed by atoms with van der Waals surface area (Å²) in [4.78, 5) is 14.6. The zero-order valence-electron chi connectivity index (χ0n) is 19.8. The van der Waals surface area contributed by atoms with E-state index in [0.717, 1.165) is 12.8 Å². The Kier molecular flexibility index (Phi) is 7.99. The molecule has 0 aromatic rings. The van der Waals surface area contributed by atoms with Crippen molar-refractivity contribution in [2.75, 3.05) is 13.2 Å². The second kappa shape index (κ2) is 8.88. The molecule has 1 heterocycles. The monoisotopic (exact) mass is 413 g/mol. The van der Waals surface area contributed by atoms with E-state index >= 15 is 0 Å². The van der Waals surface area contributed by atoms with Crippen LogP contribution < -0.4 is 0 Å². The molecule has 1 aliphatic rings. The van der Waals surface area contributed by atoms with Gasteiger partial charge in [0.2, 0.25) is 0 Å². The Labute approximate surface area is 173 Å². The summed E-state index contributed by atoms with van der Waals surface area (Å²) in [6, 6.07) is -0.0298. The third-order valence-electron chi connectivity index (χ3n) is 5.76. The molecule has 1 fully saturated rings. The topological polar surface area (TPSA) is 48.0 Å². The molecule has 0 bridgehead atoms. The number of hydrogen-bond donors (Lipinski definition) is 0. The molecule has 1 amide bonds. The number of amides is 1. The maximum atomic E-state index is 12.9. The van der Waals surface area contributed by atoms with Gasteiger partial charge in [-0.2, -0.15) is 0 Å². The van der Waals surface area contributed by atoms with Gasteiger partial charge < -0.3 is 13.9 Å². The minimum absolute atomic E-state index is 0.0298. The predicted molar refractivity (Wildman–Crippen MR) is 118 cm³/mol. The summed E-state index contributed by atoms with van der Waals surface area (Å²) in [5, 5.41) is 0.173. The number of hydrogen-bond acceptors (Lipinski definition) is 4. The highest BCUT2D eigenvalue weighted by molar-refractivity contribution is 6.74. The second-order valence-electron chi connectivity index (χ2n) is 11.0. The van der Waals surface area contributed by atoms with Gasteiger partial charge in [-0.05, 0) is 71.5 Å². The van der Waals surface area contributed by atoms with Crippen molar-refractivity contribution in [3.63, 3.8) is 0 Å². The molecule has 1 aliphatic heterocycles. The fourth-order valence-electron chi connectivity index (χ4n) is 3.13. The lowest BCUT2D eigenvalue weighted by atomic mass is 9.97. The van der Waals surface area contributed by atoms with Gasteiger partial charge in [0, 0.05) is 6.61 Å². The average molecular weight is 414 g/mol. The highest BCUT2D eigenvalue weighted by atomic mass is 28.4. The summed E-state index contributed by atoms with van der Waals surface area (Å²) in [7, 11) is -1.82. The molecule has 2 atom stereocenters. The smallest absolute Gasteiger partial charge is 0.412 e. The first-order valence-electron chi connectivity index (χ1n) is 10.4. The van der Waals surface area contributed by atoms with E-state index in [2.05, 4.69) is 40.4 Å². The number of rotatable bonds is 7. The maximum Gasteiger partial charge on any atom is 0.412 e. The number of allylic oxidation sites excluding steroid dienone is 1. The van der Waals surface area contributed by atoms with Gasteiger partial charge in [0.05, 0.1) is 12.6 Å². The third-order valence-corrected chi connectivity index (χ3v) is 10.3. The van der Waals surface area contributed by atoms with Gasteiger partial charge in [-0.3, -0.25) is 4.90 Å². The van der Waals surface area contributed by atoms with E-state index in [1.165, 1.54) is 0 Å². The van der Waals surface area contributed by atoms with Gasteiger partial charge in [-0.25, -0.2) is 4.79 Å². The zero-order valence-corrected chi connectivity index (χ0v) is 20.8. The Morgan fingerprint density at radius 2 is 1.86 bits per heavy atom. The molecule has 1 saturated heterocycles. The van der Waals surface area contributed by atoms with E-state index < -0.39 is 19.6 Å².